The number of amides is 2. The number of carbonyl (C=O) groups is 1. The summed E-state index contributed by atoms with van der Waals surface area (Å²) in [5, 5.41) is 5.61. The van der Waals surface area contributed by atoms with Crippen LogP contribution in [0.2, 0.25) is 0 Å². The van der Waals surface area contributed by atoms with Gasteiger partial charge in [-0.3, -0.25) is 4.90 Å². The lowest BCUT2D eigenvalue weighted by Crippen LogP contribution is -2.40. The van der Waals surface area contributed by atoms with Gasteiger partial charge in [-0.05, 0) is 32.6 Å². The van der Waals surface area contributed by atoms with Crippen molar-refractivity contribution in [3.8, 4) is 0 Å². The summed E-state index contributed by atoms with van der Waals surface area (Å²) in [5.41, 5.74) is 0. The van der Waals surface area contributed by atoms with Gasteiger partial charge in [0.2, 0.25) is 0 Å². The molecular formula is C13H23N3O3. The van der Waals surface area contributed by atoms with Gasteiger partial charge in [-0.15, -0.1) is 0 Å². The highest BCUT2D eigenvalue weighted by Gasteiger charge is 2.17. The van der Waals surface area contributed by atoms with Crippen LogP contribution in [0.15, 0.2) is 22.8 Å². The Morgan fingerprint density at radius 3 is 2.84 bits per heavy atom. The number of nitrogens with zero attached hydrogens (tertiary/aromatic N) is 1. The van der Waals surface area contributed by atoms with Gasteiger partial charge >= 0.3 is 6.03 Å². The van der Waals surface area contributed by atoms with E-state index in [0.29, 0.717) is 19.7 Å². The molecule has 1 unspecified atom stereocenters. The van der Waals surface area contributed by atoms with E-state index in [2.05, 4.69) is 10.6 Å². The third-order valence-corrected chi connectivity index (χ3v) is 2.76. The van der Waals surface area contributed by atoms with Gasteiger partial charge in [0.15, 0.2) is 0 Å². The molecule has 6 heteroatoms. The van der Waals surface area contributed by atoms with Gasteiger partial charge in [-0.1, -0.05) is 0 Å². The van der Waals surface area contributed by atoms with Crippen LogP contribution < -0.4 is 10.6 Å². The van der Waals surface area contributed by atoms with Crippen LogP contribution >= 0.6 is 0 Å². The molecule has 1 aromatic rings. The molecule has 108 valence electrons. The van der Waals surface area contributed by atoms with E-state index in [4.69, 9.17) is 9.15 Å². The van der Waals surface area contributed by atoms with Crippen molar-refractivity contribution in [1.82, 2.24) is 15.5 Å². The molecule has 1 atom stereocenters. The molecule has 0 spiro atoms. The van der Waals surface area contributed by atoms with Crippen molar-refractivity contribution in [3.63, 3.8) is 0 Å². The predicted molar refractivity (Wildman–Crippen MR) is 73.0 cm³/mol. The second kappa shape index (κ2) is 8.55. The smallest absolute Gasteiger partial charge is 0.314 e. The minimum atomic E-state index is -0.172. The van der Waals surface area contributed by atoms with Gasteiger partial charge in [0, 0.05) is 26.8 Å². The fraction of sp³-hybridized carbons (Fsp3) is 0.615. The topological polar surface area (TPSA) is 66.7 Å². The molecule has 0 aliphatic heterocycles. The first-order valence-electron chi connectivity index (χ1n) is 6.35. The van der Waals surface area contributed by atoms with Crippen molar-refractivity contribution in [2.75, 3.05) is 40.9 Å². The molecule has 2 N–H and O–H groups in total. The number of likely N-dealkylation sites (N-methyl/N-ethyl adjacent to an activating group) is 1. The summed E-state index contributed by atoms with van der Waals surface area (Å²) in [7, 11) is 5.54. The van der Waals surface area contributed by atoms with E-state index < -0.39 is 0 Å². The highest BCUT2D eigenvalue weighted by atomic mass is 16.5. The highest BCUT2D eigenvalue weighted by molar-refractivity contribution is 5.73. The van der Waals surface area contributed by atoms with Crippen molar-refractivity contribution in [2.45, 2.75) is 12.5 Å². The molecule has 2 amide bonds. The maximum atomic E-state index is 11.6. The molecular weight excluding hydrogens is 246 g/mol. The summed E-state index contributed by atoms with van der Waals surface area (Å²) in [6, 6.07) is 3.61. The van der Waals surface area contributed by atoms with Gasteiger partial charge in [0.25, 0.3) is 0 Å². The lowest BCUT2D eigenvalue weighted by Gasteiger charge is -2.22. The molecule has 6 nitrogen and oxygen atoms in total. The lowest BCUT2D eigenvalue weighted by atomic mass is 10.2. The number of furan rings is 1. The summed E-state index contributed by atoms with van der Waals surface area (Å²) < 4.78 is 10.3. The summed E-state index contributed by atoms with van der Waals surface area (Å²) in [6.07, 6.45) is 2.44. The Morgan fingerprint density at radius 1 is 1.47 bits per heavy atom. The van der Waals surface area contributed by atoms with Crippen molar-refractivity contribution in [2.24, 2.45) is 0 Å². The molecule has 1 heterocycles. The summed E-state index contributed by atoms with van der Waals surface area (Å²) in [5.74, 6) is 0.838. The van der Waals surface area contributed by atoms with Gasteiger partial charge < -0.3 is 19.8 Å². The Balaban J connectivity index is 2.30. The molecule has 0 saturated heterocycles. The highest BCUT2D eigenvalue weighted by Crippen LogP contribution is 2.17. The summed E-state index contributed by atoms with van der Waals surface area (Å²) in [6.45, 7) is 1.75. The third kappa shape index (κ3) is 5.76. The fourth-order valence-corrected chi connectivity index (χ4v) is 1.69. The van der Waals surface area contributed by atoms with E-state index in [0.717, 1.165) is 12.2 Å². The normalized spacial score (nSPS) is 12.4. The Labute approximate surface area is 114 Å². The zero-order chi connectivity index (χ0) is 14.1. The predicted octanol–water partition coefficient (Wildman–Crippen LogP) is 1.22. The Kier molecular flexibility index (Phi) is 6.99. The van der Waals surface area contributed by atoms with Gasteiger partial charge in [-0.2, -0.15) is 0 Å². The maximum Gasteiger partial charge on any atom is 0.314 e. The zero-order valence-electron chi connectivity index (χ0n) is 11.8. The first kappa shape index (κ1) is 15.5. The number of urea groups is 1. The van der Waals surface area contributed by atoms with Crippen molar-refractivity contribution in [3.05, 3.63) is 24.2 Å². The fourth-order valence-electron chi connectivity index (χ4n) is 1.69. The van der Waals surface area contributed by atoms with Crippen molar-refractivity contribution in [1.29, 1.82) is 0 Å². The van der Waals surface area contributed by atoms with Crippen molar-refractivity contribution < 1.29 is 13.9 Å². The standard InChI is InChI=1S/C13H23N3O3/c1-16(2)11(12-6-4-9-19-12)10-15-13(17)14-7-5-8-18-3/h4,6,9,11H,5,7-8,10H2,1-3H3,(H2,14,15,17). The molecule has 19 heavy (non-hydrogen) atoms. The molecule has 0 aliphatic carbocycles. The van der Waals surface area contributed by atoms with E-state index in [1.54, 1.807) is 13.4 Å². The molecule has 0 bridgehead atoms. The number of nitrogens with one attached hydrogen (secondary N) is 2. The van der Waals surface area contributed by atoms with Crippen LogP contribution in [0.25, 0.3) is 0 Å². The number of carbonyl (C=O) groups excluding carboxylic acids is 1. The molecule has 1 aromatic heterocycles. The summed E-state index contributed by atoms with van der Waals surface area (Å²) in [4.78, 5) is 13.6. The minimum Gasteiger partial charge on any atom is -0.468 e. The van der Waals surface area contributed by atoms with Crippen molar-refractivity contribution >= 4 is 6.03 Å². The van der Waals surface area contributed by atoms with Gasteiger partial charge in [0.1, 0.15) is 5.76 Å². The number of ether oxygens (including phenoxy) is 1. The van der Waals surface area contributed by atoms with Crippen LogP contribution in [0.5, 0.6) is 0 Å². The number of hydrogen-bond donors (Lipinski definition) is 2. The molecule has 0 saturated carbocycles. The third-order valence-electron chi connectivity index (χ3n) is 2.76. The SMILES string of the molecule is COCCCNC(=O)NCC(c1ccco1)N(C)C. The quantitative estimate of drug-likeness (QED) is 0.696. The number of methoxy groups -OCH3 is 1. The van der Waals surface area contributed by atoms with Crippen LogP contribution in [-0.2, 0) is 4.74 Å². The second-order valence-corrected chi connectivity index (χ2v) is 4.48. The Hall–Kier alpha value is -1.53. The monoisotopic (exact) mass is 269 g/mol. The van der Waals surface area contributed by atoms with E-state index in [9.17, 15) is 4.79 Å². The average Bonchev–Trinajstić information content (AvgIpc) is 2.88. The molecule has 0 radical (unpaired) electrons. The van der Waals surface area contributed by atoms with Crippen LogP contribution in [0.1, 0.15) is 18.2 Å². The van der Waals surface area contributed by atoms with Gasteiger partial charge in [0.05, 0.1) is 12.3 Å². The van der Waals surface area contributed by atoms with Crippen LogP contribution in [0.3, 0.4) is 0 Å². The largest absolute Gasteiger partial charge is 0.468 e. The zero-order valence-corrected chi connectivity index (χ0v) is 11.8. The molecule has 0 aliphatic rings. The Bertz CT molecular complexity index is 352. The number of hydrogen-bond acceptors (Lipinski definition) is 4. The maximum absolute atomic E-state index is 11.6. The molecule has 0 aromatic carbocycles. The van der Waals surface area contributed by atoms with Crippen LogP contribution in [0, 0.1) is 0 Å². The summed E-state index contributed by atoms with van der Waals surface area (Å²) >= 11 is 0. The van der Waals surface area contributed by atoms with E-state index in [1.165, 1.54) is 0 Å². The Morgan fingerprint density at radius 2 is 2.26 bits per heavy atom. The van der Waals surface area contributed by atoms with E-state index in [1.807, 2.05) is 31.1 Å². The van der Waals surface area contributed by atoms with E-state index >= 15 is 0 Å². The second-order valence-electron chi connectivity index (χ2n) is 4.48. The van der Waals surface area contributed by atoms with Crippen LogP contribution in [0.4, 0.5) is 4.79 Å². The van der Waals surface area contributed by atoms with Gasteiger partial charge in [-0.25, -0.2) is 4.79 Å². The number of rotatable bonds is 8. The molecule has 0 fully saturated rings. The van der Waals surface area contributed by atoms with Crippen LogP contribution in [-0.4, -0.2) is 51.8 Å². The lowest BCUT2D eigenvalue weighted by molar-refractivity contribution is 0.193. The minimum absolute atomic E-state index is 0.0275. The molecule has 1 rings (SSSR count). The average molecular weight is 269 g/mol. The first-order chi connectivity index (χ1) is 9.15. The van der Waals surface area contributed by atoms with E-state index in [-0.39, 0.29) is 12.1 Å². The first-order valence-corrected chi connectivity index (χ1v) is 6.35.